The summed E-state index contributed by atoms with van der Waals surface area (Å²) in [7, 11) is -5.44. The number of amides is 5. The number of carbonyl (C=O) groups is 5. The zero-order chi connectivity index (χ0) is 88.4. The quantitative estimate of drug-likeness (QED) is 0.0259. The second kappa shape index (κ2) is 44.2. The van der Waals surface area contributed by atoms with E-state index in [-0.39, 0.29) is 0 Å². The van der Waals surface area contributed by atoms with Crippen molar-refractivity contribution < 1.29 is 239 Å². The number of nitrogens with one attached hydrogen (secondary N) is 5. The van der Waals surface area contributed by atoms with E-state index in [1.807, 2.05) is 0 Å². The highest BCUT2D eigenvalue weighted by molar-refractivity contribution is 7.80. The van der Waals surface area contributed by atoms with Crippen LogP contribution in [0.4, 0.5) is 0 Å². The minimum atomic E-state index is -5.44. The van der Waals surface area contributed by atoms with Gasteiger partial charge >= 0.3 is 10.4 Å². The highest BCUT2D eigenvalue weighted by Gasteiger charge is 2.61. The largest absolute Gasteiger partial charge is 0.397 e. The van der Waals surface area contributed by atoms with Crippen molar-refractivity contribution in [2.24, 2.45) is 0 Å². The average Bonchev–Trinajstić information content (AvgIpc) is 0.770. The molecule has 8 rings (SSSR count). The van der Waals surface area contributed by atoms with Gasteiger partial charge in [-0.3, -0.25) is 28.5 Å². The Hall–Kier alpha value is -4.38. The highest BCUT2D eigenvalue weighted by atomic mass is 32.3. The fourth-order valence-electron chi connectivity index (χ4n) is 14.7. The molecule has 8 fully saturated rings. The van der Waals surface area contributed by atoms with Crippen LogP contribution in [-0.2, 0) is 114 Å². The molecular weight excluding hydrogens is 1650 g/mol. The Morgan fingerprint density at radius 1 is 0.328 bits per heavy atom. The van der Waals surface area contributed by atoms with Crippen LogP contribution in [0.15, 0.2) is 0 Å². The fraction of sp³-hybridized carbons (Fsp3) is 0.922. The minimum absolute atomic E-state index is 0.828. The van der Waals surface area contributed by atoms with Crippen molar-refractivity contribution in [2.75, 3.05) is 66.1 Å². The molecule has 690 valence electrons. The molecule has 8 aliphatic heterocycles. The average molecular weight is 1760 g/mol. The van der Waals surface area contributed by atoms with Gasteiger partial charge in [-0.25, -0.2) is 4.18 Å². The number of hydrogen-bond acceptors (Lipinski definition) is 48. The fourth-order valence-corrected chi connectivity index (χ4v) is 15.2. The van der Waals surface area contributed by atoms with Crippen molar-refractivity contribution in [3.63, 3.8) is 0 Å². The van der Waals surface area contributed by atoms with Gasteiger partial charge in [0.15, 0.2) is 50.3 Å². The first kappa shape index (κ1) is 100. The molecule has 8 saturated heterocycles. The molecule has 30 N–H and O–H groups in total. The van der Waals surface area contributed by atoms with Gasteiger partial charge in [0.05, 0.1) is 72.1 Å². The summed E-state index contributed by atoms with van der Waals surface area (Å²) < 4.78 is 133. The number of aliphatic hydroxyl groups excluding tert-OH is 24. The van der Waals surface area contributed by atoms with Gasteiger partial charge in [0.1, 0.15) is 213 Å². The van der Waals surface area contributed by atoms with Crippen LogP contribution < -0.4 is 26.6 Å². The number of hydrogen-bond donors (Lipinski definition) is 30. The molecule has 54 nitrogen and oxygen atoms in total. The predicted octanol–water partition coefficient (Wildman–Crippen LogP) is -20.4. The molecule has 5 amide bonds. The molecule has 0 aromatic rings. The van der Waals surface area contributed by atoms with Gasteiger partial charge in [0, 0.05) is 34.6 Å². The van der Waals surface area contributed by atoms with E-state index in [9.17, 15) is 159 Å². The van der Waals surface area contributed by atoms with Crippen molar-refractivity contribution in [3.05, 3.63) is 0 Å². The lowest BCUT2D eigenvalue weighted by Crippen LogP contribution is -2.71. The lowest BCUT2D eigenvalue weighted by Gasteiger charge is -2.51. The first-order valence-electron chi connectivity index (χ1n) is 37.2. The molecule has 55 heteroatoms. The van der Waals surface area contributed by atoms with E-state index in [4.69, 9.17) is 75.8 Å². The molecule has 8 heterocycles. The minimum Gasteiger partial charge on any atom is -0.394 e. The molecule has 0 radical (unpaired) electrons. The first-order valence-corrected chi connectivity index (χ1v) is 38.6. The van der Waals surface area contributed by atoms with Gasteiger partial charge < -0.3 is 225 Å². The lowest BCUT2D eigenvalue weighted by atomic mass is 9.94. The second-order valence-electron chi connectivity index (χ2n) is 29.2. The van der Waals surface area contributed by atoms with E-state index in [0.717, 1.165) is 34.6 Å². The van der Waals surface area contributed by atoms with Crippen LogP contribution in [0.25, 0.3) is 0 Å². The van der Waals surface area contributed by atoms with Gasteiger partial charge in [-0.2, -0.15) is 8.42 Å². The molecular formula is C64H109N5O49S. The van der Waals surface area contributed by atoms with Gasteiger partial charge in [-0.1, -0.05) is 0 Å². The third-order valence-electron chi connectivity index (χ3n) is 20.6. The first-order chi connectivity index (χ1) is 56.0. The van der Waals surface area contributed by atoms with Crippen LogP contribution in [0.1, 0.15) is 34.6 Å². The summed E-state index contributed by atoms with van der Waals surface area (Å²) in [5, 5.41) is 279. The maximum Gasteiger partial charge on any atom is 0.397 e. The van der Waals surface area contributed by atoms with Crippen LogP contribution in [-0.4, -0.2) is 501 Å². The second-order valence-corrected chi connectivity index (χ2v) is 30.2. The maximum absolute atomic E-state index is 13.1. The third kappa shape index (κ3) is 23.9. The van der Waals surface area contributed by atoms with E-state index in [0.29, 0.717) is 0 Å². The molecule has 44 atom stereocenters. The zero-order valence-corrected chi connectivity index (χ0v) is 64.7. The molecule has 0 aromatic carbocycles. The summed E-state index contributed by atoms with van der Waals surface area (Å²) in [6, 6.07) is -9.63. The summed E-state index contributed by atoms with van der Waals surface area (Å²) in [5.74, 6) is -4.78. The van der Waals surface area contributed by atoms with Crippen LogP contribution in [0, 0.1) is 0 Å². The Morgan fingerprint density at radius 2 is 0.647 bits per heavy atom. The Balaban J connectivity index is 1.16. The molecule has 0 aromatic heterocycles. The van der Waals surface area contributed by atoms with Crippen molar-refractivity contribution >= 4 is 39.9 Å². The lowest BCUT2D eigenvalue weighted by molar-refractivity contribution is -0.397. The van der Waals surface area contributed by atoms with E-state index < -0.39 is 376 Å². The molecule has 8 aliphatic rings. The van der Waals surface area contributed by atoms with E-state index in [2.05, 4.69) is 30.8 Å². The standard InChI is InChI=1S/C64H109N5O49S/c1-16(79)65-21(6-70)35(85)49(22(84)7-71)111-57-31(66-17(2)80)41(91)52(28(13-77)106-57)114-62-48(98)54(39(89)30(110-62)15-102-63-55(45(95)37(87)24(9-73)104-63)116-59-33(68-19(4)82)42(92)51(27(12-76)108-59)113-61-47(97)44(94)36(86)23(8-72)103-61)115-64-56(46(96)38(88)25(10-74)105-64)117-60-32(67-18(3)81)40(90)50(26(11-75)107-60)112-58-34(69-20(5)83)43(93)53(29(14-78)109-58)118-119(99,100)101/h21-64,70-78,84-98H,6-15H2,1-5H3,(H,65,79)(H,66,80)(H,67,81)(H,68,82)(H,69,83)(H,99,100,101)/t21-,22+,23+,24+,25+,26+,27+,28+,29+,30+,31+,32+,33+,34+,35+,36-,37+,38+,39+,40+,41+,42+,43+,44-,45-,46-,47+,48-,49+,50+,51+,52+,53-,54-,55-,56-,57-,58-,59-,60-,61-,62-,63-,64+/m0/s1. The van der Waals surface area contributed by atoms with Crippen molar-refractivity contribution in [3.8, 4) is 0 Å². The summed E-state index contributed by atoms with van der Waals surface area (Å²) in [4.78, 5) is 63.6. The summed E-state index contributed by atoms with van der Waals surface area (Å²) in [6.45, 7) is -7.11. The third-order valence-corrected chi connectivity index (χ3v) is 21.1. The van der Waals surface area contributed by atoms with Crippen LogP contribution >= 0.6 is 0 Å². The molecule has 0 saturated carbocycles. The van der Waals surface area contributed by atoms with Crippen molar-refractivity contribution in [1.82, 2.24) is 26.6 Å². The van der Waals surface area contributed by atoms with Gasteiger partial charge in [-0.05, 0) is 0 Å². The zero-order valence-electron chi connectivity index (χ0n) is 63.9. The smallest absolute Gasteiger partial charge is 0.394 e. The van der Waals surface area contributed by atoms with Gasteiger partial charge in [0.25, 0.3) is 0 Å². The molecule has 0 bridgehead atoms. The number of aliphatic hydroxyl groups is 24. The van der Waals surface area contributed by atoms with Crippen LogP contribution in [0.5, 0.6) is 0 Å². The van der Waals surface area contributed by atoms with E-state index in [1.165, 1.54) is 0 Å². The number of ether oxygens (including phenoxy) is 16. The van der Waals surface area contributed by atoms with Crippen molar-refractivity contribution in [1.29, 1.82) is 0 Å². The van der Waals surface area contributed by atoms with Gasteiger partial charge in [-0.15, -0.1) is 0 Å². The number of rotatable bonds is 36. The summed E-state index contributed by atoms with van der Waals surface area (Å²) >= 11 is 0. The normalized spacial score (nSPS) is 44.0. The Morgan fingerprint density at radius 3 is 1.03 bits per heavy atom. The van der Waals surface area contributed by atoms with Crippen molar-refractivity contribution in [2.45, 2.75) is 304 Å². The Bertz CT molecular complexity index is 3320. The van der Waals surface area contributed by atoms with Gasteiger partial charge in [0.2, 0.25) is 29.5 Å². The Labute approximate surface area is 674 Å². The maximum atomic E-state index is 13.1. The Kier molecular flexibility index (Phi) is 37.1. The summed E-state index contributed by atoms with van der Waals surface area (Å²) in [5.41, 5.74) is 0. The summed E-state index contributed by atoms with van der Waals surface area (Å²) in [6.07, 6.45) is -85.0. The van der Waals surface area contributed by atoms with E-state index in [1.54, 1.807) is 0 Å². The molecule has 0 spiro atoms. The topological polar surface area (TPSA) is 842 Å². The molecule has 0 unspecified atom stereocenters. The van der Waals surface area contributed by atoms with E-state index >= 15 is 0 Å². The molecule has 0 aliphatic carbocycles. The monoisotopic (exact) mass is 1760 g/mol. The van der Waals surface area contributed by atoms with Crippen LogP contribution in [0.3, 0.4) is 0 Å². The number of carbonyl (C=O) groups excluding carboxylic acids is 5. The SMILES string of the molecule is CC(=O)N[C@H]1[C@H](O[C@H]2[C@H](O)[C@@H](NC(C)=O)[C@H](O[C@@H]3[C@@H](O[C@@H]4[C@H](O)[C@H](O[C@H]5[C@H](O)[C@@H](NC(C)=O)[C@H](O[C@@H]([C@H](O)[C@H](CO)NC(C)=O)[C@H](O)CO)O[C@@H]5CO)O[C@H](CO[C@H]5O[C@H](CO)[C@@H](O)[C@H](O)[C@@H]5O[C@@H]5O[C@H](CO)[C@@H](O[C@@H]6O[C@H](CO)[C@H](O)[C@H](O)[C@H]6O)[C@H](O)[C@H]5NC(C)=O)[C@H]4O)O[C@H](CO)[C@@H](O)[C@@H]3O)O[C@@H]2CO)O[C@H](CO)[C@H](OS(=O)(=O)O)[C@@H]1O. The predicted molar refractivity (Wildman–Crippen MR) is 368 cm³/mol. The molecule has 119 heavy (non-hydrogen) atoms. The van der Waals surface area contributed by atoms with Crippen LogP contribution in [0.2, 0.25) is 0 Å². The highest BCUT2D eigenvalue weighted by Crippen LogP contribution is 2.40.